The van der Waals surface area contributed by atoms with Crippen LogP contribution in [0.1, 0.15) is 23.8 Å². The first kappa shape index (κ1) is 17.0. The summed E-state index contributed by atoms with van der Waals surface area (Å²) in [6.07, 6.45) is 12.4. The van der Waals surface area contributed by atoms with Crippen molar-refractivity contribution in [3.05, 3.63) is 59.2 Å². The van der Waals surface area contributed by atoms with Crippen molar-refractivity contribution >= 4 is 17.5 Å². The van der Waals surface area contributed by atoms with Gasteiger partial charge in [0, 0.05) is 19.0 Å². The summed E-state index contributed by atoms with van der Waals surface area (Å²) in [5.74, 6) is 0.727. The number of nitrogens with one attached hydrogen (secondary N) is 1. The Morgan fingerprint density at radius 1 is 1.35 bits per heavy atom. The third-order valence-electron chi connectivity index (χ3n) is 5.10. The topological polar surface area (TPSA) is 88.2 Å². The molecule has 4 atom stereocenters. The number of halogens is 1. The number of aromatic nitrogens is 2. The van der Waals surface area contributed by atoms with Gasteiger partial charge >= 0.3 is 0 Å². The lowest BCUT2D eigenvalue weighted by Crippen LogP contribution is -2.22. The minimum atomic E-state index is -0.367. The van der Waals surface area contributed by atoms with Crippen LogP contribution in [0.4, 0.5) is 0 Å². The number of carbonyl (C=O) groups is 1. The highest BCUT2D eigenvalue weighted by Gasteiger charge is 2.58. The molecule has 6 nitrogen and oxygen atoms in total. The SMILES string of the molecule is Cc1ncc(-c2ncc([C@H]3[C@H](C(=O)NO)[C@@H]3C3C=CC=CC3)cc2Cl)o1. The molecule has 2 aromatic rings. The molecule has 1 amide bonds. The van der Waals surface area contributed by atoms with Crippen molar-refractivity contribution in [2.45, 2.75) is 19.3 Å². The molecule has 2 aliphatic carbocycles. The van der Waals surface area contributed by atoms with E-state index >= 15 is 0 Å². The maximum absolute atomic E-state index is 12.1. The Kier molecular flexibility index (Phi) is 4.38. The molecule has 0 bridgehead atoms. The molecule has 2 heterocycles. The van der Waals surface area contributed by atoms with Crippen LogP contribution in [-0.4, -0.2) is 21.1 Å². The Labute approximate surface area is 155 Å². The molecule has 4 rings (SSSR count). The quantitative estimate of drug-likeness (QED) is 0.632. The molecule has 26 heavy (non-hydrogen) atoms. The lowest BCUT2D eigenvalue weighted by molar-refractivity contribution is -0.131. The smallest absolute Gasteiger partial charge is 0.247 e. The van der Waals surface area contributed by atoms with Crippen molar-refractivity contribution in [3.8, 4) is 11.5 Å². The van der Waals surface area contributed by atoms with Crippen molar-refractivity contribution in [1.29, 1.82) is 0 Å². The number of carbonyl (C=O) groups excluding carboxylic acids is 1. The number of nitrogens with zero attached hydrogens (tertiary/aromatic N) is 2. The fraction of sp³-hybridized carbons (Fsp3) is 0.316. The van der Waals surface area contributed by atoms with Crippen LogP contribution in [0, 0.1) is 24.7 Å². The fourth-order valence-corrected chi connectivity index (χ4v) is 4.15. The Balaban J connectivity index is 1.63. The van der Waals surface area contributed by atoms with Gasteiger partial charge in [0.15, 0.2) is 11.7 Å². The second kappa shape index (κ2) is 6.70. The predicted octanol–water partition coefficient (Wildman–Crippen LogP) is 3.67. The largest absolute Gasteiger partial charge is 0.439 e. The zero-order valence-corrected chi connectivity index (χ0v) is 14.8. The summed E-state index contributed by atoms with van der Waals surface area (Å²) in [4.78, 5) is 20.6. The van der Waals surface area contributed by atoms with Gasteiger partial charge in [-0.1, -0.05) is 35.9 Å². The number of hydrogen-bond acceptors (Lipinski definition) is 5. The molecule has 7 heteroatoms. The predicted molar refractivity (Wildman–Crippen MR) is 95.5 cm³/mol. The van der Waals surface area contributed by atoms with E-state index in [0.29, 0.717) is 22.4 Å². The van der Waals surface area contributed by atoms with E-state index in [-0.39, 0.29) is 29.6 Å². The maximum Gasteiger partial charge on any atom is 0.247 e. The van der Waals surface area contributed by atoms with Gasteiger partial charge in [0.2, 0.25) is 5.91 Å². The van der Waals surface area contributed by atoms with Crippen LogP contribution in [0.3, 0.4) is 0 Å². The molecule has 134 valence electrons. The standard InChI is InChI=1S/C19H18ClN3O3/c1-10-21-9-14(26-10)18-13(20)7-12(8-22-18)16-15(17(16)19(24)23-25)11-5-3-2-4-6-11/h2-5,7-9,11,15-17,25H,6H2,1H3,(H,23,24)/t11?,15-,16-,17-/m1/s1. The summed E-state index contributed by atoms with van der Waals surface area (Å²) in [5, 5.41) is 9.53. The van der Waals surface area contributed by atoms with Gasteiger partial charge < -0.3 is 4.42 Å². The summed E-state index contributed by atoms with van der Waals surface area (Å²) in [7, 11) is 0. The highest BCUT2D eigenvalue weighted by Crippen LogP contribution is 2.59. The third kappa shape index (κ3) is 2.95. The molecule has 2 aliphatic rings. The van der Waals surface area contributed by atoms with Crippen molar-refractivity contribution in [3.63, 3.8) is 0 Å². The normalized spacial score (nSPS) is 26.7. The molecular weight excluding hydrogens is 354 g/mol. The molecule has 0 aliphatic heterocycles. The van der Waals surface area contributed by atoms with Gasteiger partial charge in [0.05, 0.1) is 17.1 Å². The van der Waals surface area contributed by atoms with Gasteiger partial charge in [-0.15, -0.1) is 0 Å². The molecule has 0 radical (unpaired) electrons. The van der Waals surface area contributed by atoms with Gasteiger partial charge in [-0.05, 0) is 29.9 Å². The molecule has 0 aromatic carbocycles. The lowest BCUT2D eigenvalue weighted by atomic mass is 9.93. The van der Waals surface area contributed by atoms with E-state index in [2.05, 4.69) is 22.1 Å². The van der Waals surface area contributed by atoms with Crippen LogP contribution in [0.2, 0.25) is 5.02 Å². The lowest BCUT2D eigenvalue weighted by Gasteiger charge is -2.13. The van der Waals surface area contributed by atoms with Gasteiger partial charge in [-0.3, -0.25) is 15.0 Å². The number of allylic oxidation sites excluding steroid dienone is 4. The van der Waals surface area contributed by atoms with Gasteiger partial charge in [0.1, 0.15) is 5.69 Å². The van der Waals surface area contributed by atoms with Crippen molar-refractivity contribution < 1.29 is 14.4 Å². The second-order valence-electron chi connectivity index (χ2n) is 6.66. The molecule has 1 fully saturated rings. The third-order valence-corrected chi connectivity index (χ3v) is 5.39. The highest BCUT2D eigenvalue weighted by atomic mass is 35.5. The molecule has 0 spiro atoms. The zero-order chi connectivity index (χ0) is 18.3. The number of pyridine rings is 1. The summed E-state index contributed by atoms with van der Waals surface area (Å²) in [6.45, 7) is 1.75. The number of hydrogen-bond donors (Lipinski definition) is 2. The summed E-state index contributed by atoms with van der Waals surface area (Å²) in [6, 6.07) is 1.83. The average Bonchev–Trinajstić information content (AvgIpc) is 3.27. The maximum atomic E-state index is 12.1. The summed E-state index contributed by atoms with van der Waals surface area (Å²) < 4.78 is 5.49. The van der Waals surface area contributed by atoms with E-state index in [1.54, 1.807) is 24.8 Å². The van der Waals surface area contributed by atoms with Crippen LogP contribution in [0.5, 0.6) is 0 Å². The fourth-order valence-electron chi connectivity index (χ4n) is 3.88. The van der Waals surface area contributed by atoms with E-state index in [1.807, 2.05) is 18.2 Å². The summed E-state index contributed by atoms with van der Waals surface area (Å²) in [5.41, 5.74) is 3.20. The van der Waals surface area contributed by atoms with Crippen LogP contribution in [-0.2, 0) is 4.79 Å². The van der Waals surface area contributed by atoms with Crippen LogP contribution < -0.4 is 5.48 Å². The van der Waals surface area contributed by atoms with Crippen LogP contribution in [0.25, 0.3) is 11.5 Å². The number of aryl methyl sites for hydroxylation is 1. The van der Waals surface area contributed by atoms with E-state index in [1.165, 1.54) is 0 Å². The van der Waals surface area contributed by atoms with Gasteiger partial charge in [0.25, 0.3) is 0 Å². The Bertz CT molecular complexity index is 905. The first-order valence-electron chi connectivity index (χ1n) is 8.45. The molecule has 2 N–H and O–H groups in total. The van der Waals surface area contributed by atoms with Gasteiger partial charge in [-0.2, -0.15) is 0 Å². The first-order valence-corrected chi connectivity index (χ1v) is 8.83. The first-order chi connectivity index (χ1) is 12.6. The minimum Gasteiger partial charge on any atom is -0.439 e. The Morgan fingerprint density at radius 3 is 2.81 bits per heavy atom. The number of amides is 1. The molecule has 0 saturated heterocycles. The van der Waals surface area contributed by atoms with Crippen molar-refractivity contribution in [2.24, 2.45) is 17.8 Å². The second-order valence-corrected chi connectivity index (χ2v) is 7.07. The van der Waals surface area contributed by atoms with Crippen LogP contribution in [0.15, 0.2) is 47.2 Å². The molecule has 1 unspecified atom stereocenters. The summed E-state index contributed by atoms with van der Waals surface area (Å²) >= 11 is 6.41. The number of hydroxylamine groups is 1. The molecular formula is C19H18ClN3O3. The van der Waals surface area contributed by atoms with Gasteiger partial charge in [-0.25, -0.2) is 10.5 Å². The average molecular weight is 372 g/mol. The van der Waals surface area contributed by atoms with Crippen LogP contribution >= 0.6 is 11.6 Å². The number of rotatable bonds is 4. The zero-order valence-electron chi connectivity index (χ0n) is 14.1. The number of oxazole rings is 1. The molecule has 2 aromatic heterocycles. The highest BCUT2D eigenvalue weighted by molar-refractivity contribution is 6.33. The van der Waals surface area contributed by atoms with Crippen molar-refractivity contribution in [2.75, 3.05) is 0 Å². The van der Waals surface area contributed by atoms with E-state index in [0.717, 1.165) is 12.0 Å². The Hall–Kier alpha value is -2.44. The Morgan fingerprint density at radius 2 is 2.19 bits per heavy atom. The molecule has 1 saturated carbocycles. The van der Waals surface area contributed by atoms with E-state index in [9.17, 15) is 4.79 Å². The van der Waals surface area contributed by atoms with E-state index < -0.39 is 0 Å². The van der Waals surface area contributed by atoms with E-state index in [4.69, 9.17) is 21.2 Å². The minimum absolute atomic E-state index is 0.0289. The monoisotopic (exact) mass is 371 g/mol. The van der Waals surface area contributed by atoms with Crippen molar-refractivity contribution in [1.82, 2.24) is 15.4 Å².